The first kappa shape index (κ1) is 17.9. The normalized spacial score (nSPS) is 21.3. The fourth-order valence-electron chi connectivity index (χ4n) is 2.89. The lowest BCUT2D eigenvalue weighted by molar-refractivity contribution is -0.143. The molecule has 130 valence electrons. The molecule has 1 fully saturated rings. The molecular formula is C17H22N2O5. The number of amides is 2. The molecule has 1 aliphatic heterocycles. The van der Waals surface area contributed by atoms with E-state index >= 15 is 0 Å². The molecule has 24 heavy (non-hydrogen) atoms. The summed E-state index contributed by atoms with van der Waals surface area (Å²) in [4.78, 5) is 36.6. The summed E-state index contributed by atoms with van der Waals surface area (Å²) in [5.74, 6) is -1.97. The van der Waals surface area contributed by atoms with Crippen molar-refractivity contribution in [2.24, 2.45) is 0 Å². The highest BCUT2D eigenvalue weighted by molar-refractivity contribution is 5.90. The van der Waals surface area contributed by atoms with E-state index in [1.165, 1.54) is 11.8 Å². The van der Waals surface area contributed by atoms with Gasteiger partial charge < -0.3 is 20.4 Å². The molecule has 0 aromatic heterocycles. The Morgan fingerprint density at radius 3 is 2.54 bits per heavy atom. The lowest BCUT2D eigenvalue weighted by Gasteiger charge is -2.24. The van der Waals surface area contributed by atoms with Crippen LogP contribution in [-0.2, 0) is 20.8 Å². The SMILES string of the molecule is CC(=O)N1C[C@H](O)C[C@H]1C(=O)N[C@@H](CCc1ccccc1)C(=O)O. The fourth-order valence-corrected chi connectivity index (χ4v) is 2.89. The number of aliphatic hydroxyl groups is 1. The maximum atomic E-state index is 12.4. The number of hydrogen-bond acceptors (Lipinski definition) is 4. The molecule has 1 aromatic carbocycles. The van der Waals surface area contributed by atoms with E-state index in [0.717, 1.165) is 5.56 Å². The van der Waals surface area contributed by atoms with Gasteiger partial charge in [-0.3, -0.25) is 9.59 Å². The molecule has 0 bridgehead atoms. The van der Waals surface area contributed by atoms with Crippen LogP contribution in [-0.4, -0.2) is 57.6 Å². The highest BCUT2D eigenvalue weighted by Crippen LogP contribution is 2.18. The summed E-state index contributed by atoms with van der Waals surface area (Å²) in [7, 11) is 0. The molecule has 3 N–H and O–H groups in total. The number of benzene rings is 1. The van der Waals surface area contributed by atoms with Crippen molar-refractivity contribution in [3.05, 3.63) is 35.9 Å². The topological polar surface area (TPSA) is 107 Å². The number of rotatable bonds is 6. The van der Waals surface area contributed by atoms with Gasteiger partial charge in [-0.05, 0) is 18.4 Å². The Balaban J connectivity index is 1.98. The quantitative estimate of drug-likeness (QED) is 0.687. The number of carboxylic acid groups (broad SMARTS) is 1. The summed E-state index contributed by atoms with van der Waals surface area (Å²) in [6.45, 7) is 1.41. The number of aliphatic hydroxyl groups excluding tert-OH is 1. The van der Waals surface area contributed by atoms with Gasteiger partial charge in [0.25, 0.3) is 0 Å². The maximum Gasteiger partial charge on any atom is 0.326 e. The molecule has 7 heteroatoms. The molecule has 1 heterocycles. The number of nitrogens with zero attached hydrogens (tertiary/aromatic N) is 1. The Bertz CT molecular complexity index is 604. The number of hydrogen-bond donors (Lipinski definition) is 3. The van der Waals surface area contributed by atoms with Gasteiger partial charge in [0, 0.05) is 19.9 Å². The second kappa shape index (κ2) is 7.92. The average Bonchev–Trinajstić information content (AvgIpc) is 2.94. The van der Waals surface area contributed by atoms with E-state index in [9.17, 15) is 24.6 Å². The van der Waals surface area contributed by atoms with Crippen molar-refractivity contribution in [1.29, 1.82) is 0 Å². The predicted molar refractivity (Wildman–Crippen MR) is 86.1 cm³/mol. The molecule has 0 aliphatic carbocycles. The third-order valence-electron chi connectivity index (χ3n) is 4.17. The molecule has 1 aliphatic rings. The summed E-state index contributed by atoms with van der Waals surface area (Å²) < 4.78 is 0. The molecule has 1 saturated heterocycles. The second-order valence-corrected chi connectivity index (χ2v) is 6.00. The summed E-state index contributed by atoms with van der Waals surface area (Å²) in [5, 5.41) is 21.5. The number of carboxylic acids is 1. The zero-order valence-electron chi connectivity index (χ0n) is 13.5. The first-order chi connectivity index (χ1) is 11.4. The largest absolute Gasteiger partial charge is 0.480 e. The molecule has 0 saturated carbocycles. The van der Waals surface area contributed by atoms with Crippen LogP contribution in [0, 0.1) is 0 Å². The van der Waals surface area contributed by atoms with E-state index in [1.54, 1.807) is 0 Å². The monoisotopic (exact) mass is 334 g/mol. The summed E-state index contributed by atoms with van der Waals surface area (Å²) in [6.07, 6.45) is 0.121. The maximum absolute atomic E-state index is 12.4. The van der Waals surface area contributed by atoms with Crippen LogP contribution < -0.4 is 5.32 Å². The van der Waals surface area contributed by atoms with E-state index in [-0.39, 0.29) is 25.3 Å². The van der Waals surface area contributed by atoms with Gasteiger partial charge in [0.05, 0.1) is 6.10 Å². The second-order valence-electron chi connectivity index (χ2n) is 6.00. The standard InChI is InChI=1S/C17H22N2O5/c1-11(20)19-10-13(21)9-15(19)16(22)18-14(17(23)24)8-7-12-5-3-2-4-6-12/h2-6,13-15,21H,7-10H2,1H3,(H,18,22)(H,23,24)/t13-,14+,15+/m1/s1. The Morgan fingerprint density at radius 2 is 1.96 bits per heavy atom. The molecule has 2 rings (SSSR count). The van der Waals surface area contributed by atoms with Crippen LogP contribution in [0.4, 0.5) is 0 Å². The van der Waals surface area contributed by atoms with Crippen LogP contribution in [0.5, 0.6) is 0 Å². The smallest absolute Gasteiger partial charge is 0.326 e. The van der Waals surface area contributed by atoms with Crippen molar-refractivity contribution in [3.63, 3.8) is 0 Å². The van der Waals surface area contributed by atoms with Gasteiger partial charge in [-0.2, -0.15) is 0 Å². The van der Waals surface area contributed by atoms with Crippen LogP contribution in [0.1, 0.15) is 25.3 Å². The predicted octanol–water partition coefficient (Wildman–Crippen LogP) is 0.170. The Kier molecular flexibility index (Phi) is 5.92. The van der Waals surface area contributed by atoms with Crippen molar-refractivity contribution in [2.75, 3.05) is 6.54 Å². The average molecular weight is 334 g/mol. The van der Waals surface area contributed by atoms with Crippen LogP contribution in [0.2, 0.25) is 0 Å². The Labute approximate surface area is 140 Å². The van der Waals surface area contributed by atoms with E-state index < -0.39 is 30.1 Å². The number of nitrogens with one attached hydrogen (secondary N) is 1. The highest BCUT2D eigenvalue weighted by atomic mass is 16.4. The van der Waals surface area contributed by atoms with E-state index in [2.05, 4.69) is 5.32 Å². The van der Waals surface area contributed by atoms with Crippen LogP contribution in [0.15, 0.2) is 30.3 Å². The third-order valence-corrected chi connectivity index (χ3v) is 4.17. The van der Waals surface area contributed by atoms with Crippen LogP contribution >= 0.6 is 0 Å². The fraction of sp³-hybridized carbons (Fsp3) is 0.471. The molecule has 1 aromatic rings. The van der Waals surface area contributed by atoms with Crippen LogP contribution in [0.3, 0.4) is 0 Å². The number of likely N-dealkylation sites (tertiary alicyclic amines) is 1. The number of aliphatic carboxylic acids is 1. The van der Waals surface area contributed by atoms with Gasteiger partial charge in [0.2, 0.25) is 11.8 Å². The van der Waals surface area contributed by atoms with Gasteiger partial charge in [0.15, 0.2) is 0 Å². The van der Waals surface area contributed by atoms with Gasteiger partial charge >= 0.3 is 5.97 Å². The zero-order valence-corrected chi connectivity index (χ0v) is 13.5. The molecule has 0 unspecified atom stereocenters. The Hall–Kier alpha value is -2.41. The lowest BCUT2D eigenvalue weighted by Crippen LogP contribution is -2.50. The highest BCUT2D eigenvalue weighted by Gasteiger charge is 2.38. The molecular weight excluding hydrogens is 312 g/mol. The van der Waals surface area contributed by atoms with Gasteiger partial charge in [-0.15, -0.1) is 0 Å². The van der Waals surface area contributed by atoms with Crippen molar-refractivity contribution >= 4 is 17.8 Å². The Morgan fingerprint density at radius 1 is 1.29 bits per heavy atom. The van der Waals surface area contributed by atoms with E-state index in [4.69, 9.17) is 0 Å². The first-order valence-corrected chi connectivity index (χ1v) is 7.91. The van der Waals surface area contributed by atoms with Crippen LogP contribution in [0.25, 0.3) is 0 Å². The van der Waals surface area contributed by atoms with Crippen molar-refractivity contribution in [2.45, 2.75) is 44.4 Å². The lowest BCUT2D eigenvalue weighted by atomic mass is 10.0. The molecule has 7 nitrogen and oxygen atoms in total. The van der Waals surface area contributed by atoms with Crippen molar-refractivity contribution in [3.8, 4) is 0 Å². The molecule has 0 spiro atoms. The minimum atomic E-state index is -1.12. The zero-order chi connectivity index (χ0) is 17.7. The number of carbonyl (C=O) groups is 3. The first-order valence-electron chi connectivity index (χ1n) is 7.91. The third kappa shape index (κ3) is 4.55. The molecule has 2 amide bonds. The molecule has 0 radical (unpaired) electrons. The van der Waals surface area contributed by atoms with Gasteiger partial charge in [-0.25, -0.2) is 4.79 Å². The van der Waals surface area contributed by atoms with E-state index in [0.29, 0.717) is 6.42 Å². The van der Waals surface area contributed by atoms with Gasteiger partial charge in [0.1, 0.15) is 12.1 Å². The van der Waals surface area contributed by atoms with E-state index in [1.807, 2.05) is 30.3 Å². The van der Waals surface area contributed by atoms with Crippen molar-refractivity contribution in [1.82, 2.24) is 10.2 Å². The summed E-state index contributed by atoms with van der Waals surface area (Å²) in [6, 6.07) is 7.54. The number of aryl methyl sites for hydroxylation is 1. The number of β-amino-alcohol motifs (C(OH)–C–C–N with tert-alkyl or cyclic N) is 1. The molecule has 3 atom stereocenters. The van der Waals surface area contributed by atoms with Crippen molar-refractivity contribution < 1.29 is 24.6 Å². The minimum Gasteiger partial charge on any atom is -0.480 e. The number of carbonyl (C=O) groups excluding carboxylic acids is 2. The minimum absolute atomic E-state index is 0.0924. The van der Waals surface area contributed by atoms with Gasteiger partial charge in [-0.1, -0.05) is 30.3 Å². The summed E-state index contributed by atoms with van der Waals surface area (Å²) >= 11 is 0. The summed E-state index contributed by atoms with van der Waals surface area (Å²) in [5.41, 5.74) is 0.986.